The van der Waals surface area contributed by atoms with Crippen LogP contribution in [0.1, 0.15) is 5.56 Å². The van der Waals surface area contributed by atoms with Gasteiger partial charge in [0, 0.05) is 11.1 Å². The van der Waals surface area contributed by atoms with Crippen LogP contribution in [0.25, 0.3) is 11.4 Å². The Balaban J connectivity index is 2.43. The number of hydrogen-bond acceptors (Lipinski definition) is 4. The fourth-order valence-electron chi connectivity index (χ4n) is 1.32. The van der Waals surface area contributed by atoms with E-state index in [0.29, 0.717) is 11.7 Å². The van der Waals surface area contributed by atoms with Crippen LogP contribution >= 0.6 is 11.6 Å². The Labute approximate surface area is 91.8 Å². The minimum absolute atomic E-state index is 0.384. The zero-order valence-electron chi connectivity index (χ0n) is 8.11. The van der Waals surface area contributed by atoms with Crippen molar-refractivity contribution in [3.8, 4) is 17.1 Å². The van der Waals surface area contributed by atoms with Gasteiger partial charge in [-0.25, -0.2) is 0 Å². The van der Waals surface area contributed by atoms with E-state index in [1.807, 2.05) is 18.2 Å². The van der Waals surface area contributed by atoms with Crippen molar-refractivity contribution in [2.24, 2.45) is 0 Å². The van der Waals surface area contributed by atoms with Gasteiger partial charge in [0.15, 0.2) is 0 Å². The smallest absolute Gasteiger partial charge is 0.214 e. The molecule has 0 N–H and O–H groups in total. The van der Waals surface area contributed by atoms with Gasteiger partial charge in [-0.2, -0.15) is 4.98 Å². The van der Waals surface area contributed by atoms with E-state index in [9.17, 15) is 0 Å². The summed E-state index contributed by atoms with van der Waals surface area (Å²) in [6.45, 7) is 0. The molecule has 0 radical (unpaired) electrons. The van der Waals surface area contributed by atoms with Crippen molar-refractivity contribution in [2.75, 3.05) is 7.11 Å². The van der Waals surface area contributed by atoms with Gasteiger partial charge < -0.3 is 9.26 Å². The van der Waals surface area contributed by atoms with E-state index in [2.05, 4.69) is 14.7 Å². The lowest BCUT2D eigenvalue weighted by Gasteiger charge is -2.06. The zero-order valence-corrected chi connectivity index (χ0v) is 8.86. The molecular weight excluding hydrogens is 216 g/mol. The Hall–Kier alpha value is -1.55. The summed E-state index contributed by atoms with van der Waals surface area (Å²) >= 11 is 5.80. The summed E-state index contributed by atoms with van der Waals surface area (Å²) in [6, 6.07) is 5.58. The van der Waals surface area contributed by atoms with Crippen molar-refractivity contribution in [3.05, 3.63) is 30.2 Å². The van der Waals surface area contributed by atoms with Crippen molar-refractivity contribution in [2.45, 2.75) is 5.88 Å². The lowest BCUT2D eigenvalue weighted by Crippen LogP contribution is -1.90. The van der Waals surface area contributed by atoms with E-state index in [1.165, 1.54) is 6.39 Å². The Kier molecular flexibility index (Phi) is 2.87. The molecule has 1 aromatic heterocycles. The number of hydrogen-bond donors (Lipinski definition) is 0. The fraction of sp³-hybridized carbons (Fsp3) is 0.200. The molecule has 1 aromatic carbocycles. The Morgan fingerprint density at radius 3 is 2.93 bits per heavy atom. The average Bonchev–Trinajstić information content (AvgIpc) is 2.81. The van der Waals surface area contributed by atoms with Crippen LogP contribution in [-0.2, 0) is 5.88 Å². The fourth-order valence-corrected chi connectivity index (χ4v) is 1.53. The maximum Gasteiger partial charge on any atom is 0.214 e. The predicted octanol–water partition coefficient (Wildman–Crippen LogP) is 2.48. The van der Waals surface area contributed by atoms with Gasteiger partial charge in [0.25, 0.3) is 0 Å². The minimum Gasteiger partial charge on any atom is -0.496 e. The number of methoxy groups -OCH3 is 1. The highest BCUT2D eigenvalue weighted by molar-refractivity contribution is 6.17. The average molecular weight is 225 g/mol. The van der Waals surface area contributed by atoms with Crippen LogP contribution in [0.3, 0.4) is 0 Å². The molecule has 5 heteroatoms. The third-order valence-electron chi connectivity index (χ3n) is 2.04. The maximum atomic E-state index is 5.80. The van der Waals surface area contributed by atoms with Gasteiger partial charge in [-0.05, 0) is 18.2 Å². The number of ether oxygens (including phenoxy) is 1. The van der Waals surface area contributed by atoms with Crippen LogP contribution in [-0.4, -0.2) is 17.3 Å². The van der Waals surface area contributed by atoms with Gasteiger partial charge in [-0.1, -0.05) is 5.16 Å². The van der Waals surface area contributed by atoms with Crippen molar-refractivity contribution in [1.29, 1.82) is 0 Å². The summed E-state index contributed by atoms with van der Waals surface area (Å²) in [4.78, 5) is 3.96. The molecule has 0 aliphatic rings. The highest BCUT2D eigenvalue weighted by Gasteiger charge is 2.07. The number of alkyl halides is 1. The topological polar surface area (TPSA) is 48.2 Å². The molecule has 0 aliphatic heterocycles. The largest absolute Gasteiger partial charge is 0.496 e. The molecule has 0 unspecified atom stereocenters. The molecule has 0 spiro atoms. The number of rotatable bonds is 3. The minimum atomic E-state index is 0.384. The maximum absolute atomic E-state index is 5.80. The molecule has 1 heterocycles. The van der Waals surface area contributed by atoms with Gasteiger partial charge >= 0.3 is 0 Å². The van der Waals surface area contributed by atoms with Crippen LogP contribution < -0.4 is 4.74 Å². The molecule has 2 aromatic rings. The Bertz CT molecular complexity index is 443. The van der Waals surface area contributed by atoms with Crippen LogP contribution in [0.15, 0.2) is 29.1 Å². The summed E-state index contributed by atoms with van der Waals surface area (Å²) in [5, 5.41) is 3.75. The van der Waals surface area contributed by atoms with E-state index in [1.54, 1.807) is 7.11 Å². The van der Waals surface area contributed by atoms with E-state index in [-0.39, 0.29) is 0 Å². The molecule has 0 aliphatic carbocycles. The van der Waals surface area contributed by atoms with Gasteiger partial charge in [-0.15, -0.1) is 11.6 Å². The molecular formula is C10H9ClN2O2. The van der Waals surface area contributed by atoms with Crippen molar-refractivity contribution in [3.63, 3.8) is 0 Å². The predicted molar refractivity (Wildman–Crippen MR) is 55.8 cm³/mol. The molecule has 0 bridgehead atoms. The lowest BCUT2D eigenvalue weighted by atomic mass is 10.1. The van der Waals surface area contributed by atoms with E-state index in [4.69, 9.17) is 16.3 Å². The summed E-state index contributed by atoms with van der Waals surface area (Å²) in [5.41, 5.74) is 1.77. The standard InChI is InChI=1S/C10H9ClN2O2/c1-14-9-3-2-7(4-8(9)5-11)10-12-6-15-13-10/h2-4,6H,5H2,1H3. The number of halogens is 1. The third-order valence-corrected chi connectivity index (χ3v) is 2.33. The Morgan fingerprint density at radius 1 is 1.47 bits per heavy atom. The van der Waals surface area contributed by atoms with Crippen LogP contribution in [0.4, 0.5) is 0 Å². The van der Waals surface area contributed by atoms with E-state index < -0.39 is 0 Å². The monoisotopic (exact) mass is 224 g/mol. The highest BCUT2D eigenvalue weighted by Crippen LogP contribution is 2.25. The molecule has 2 rings (SSSR count). The first-order valence-electron chi connectivity index (χ1n) is 4.34. The second-order valence-corrected chi connectivity index (χ2v) is 3.18. The zero-order chi connectivity index (χ0) is 10.7. The molecule has 0 saturated heterocycles. The van der Waals surface area contributed by atoms with E-state index >= 15 is 0 Å². The Morgan fingerprint density at radius 2 is 2.33 bits per heavy atom. The molecule has 15 heavy (non-hydrogen) atoms. The third kappa shape index (κ3) is 1.94. The summed E-state index contributed by atoms with van der Waals surface area (Å²) in [6.07, 6.45) is 1.29. The van der Waals surface area contributed by atoms with Crippen LogP contribution in [0, 0.1) is 0 Å². The summed E-state index contributed by atoms with van der Waals surface area (Å²) < 4.78 is 9.83. The SMILES string of the molecule is COc1ccc(-c2ncon2)cc1CCl. The molecule has 0 saturated carbocycles. The van der Waals surface area contributed by atoms with Gasteiger partial charge in [-0.3, -0.25) is 0 Å². The van der Waals surface area contributed by atoms with Crippen molar-refractivity contribution in [1.82, 2.24) is 10.1 Å². The molecule has 0 amide bonds. The summed E-state index contributed by atoms with van der Waals surface area (Å²) in [7, 11) is 1.61. The van der Waals surface area contributed by atoms with Crippen LogP contribution in [0.2, 0.25) is 0 Å². The quantitative estimate of drug-likeness (QED) is 0.752. The second-order valence-electron chi connectivity index (χ2n) is 2.92. The molecule has 0 atom stereocenters. The van der Waals surface area contributed by atoms with Crippen molar-refractivity contribution < 1.29 is 9.26 Å². The first-order chi connectivity index (χ1) is 7.35. The van der Waals surface area contributed by atoms with Gasteiger partial charge in [0.1, 0.15) is 5.75 Å². The first-order valence-corrected chi connectivity index (χ1v) is 4.88. The van der Waals surface area contributed by atoms with Gasteiger partial charge in [0.2, 0.25) is 12.2 Å². The number of aromatic nitrogens is 2. The summed E-state index contributed by atoms with van der Waals surface area (Å²) in [5.74, 6) is 1.69. The normalized spacial score (nSPS) is 10.3. The molecule has 0 fully saturated rings. The van der Waals surface area contributed by atoms with Crippen molar-refractivity contribution >= 4 is 11.6 Å². The lowest BCUT2D eigenvalue weighted by molar-refractivity contribution is 0.411. The number of benzene rings is 1. The second kappa shape index (κ2) is 4.31. The van der Waals surface area contributed by atoms with Crippen LogP contribution in [0.5, 0.6) is 5.75 Å². The number of nitrogens with zero attached hydrogens (tertiary/aromatic N) is 2. The highest BCUT2D eigenvalue weighted by atomic mass is 35.5. The van der Waals surface area contributed by atoms with Gasteiger partial charge in [0.05, 0.1) is 13.0 Å². The molecule has 4 nitrogen and oxygen atoms in total. The van der Waals surface area contributed by atoms with E-state index in [0.717, 1.165) is 16.9 Å². The first kappa shape index (κ1) is 9.98. The molecule has 78 valence electrons.